The number of hydrogen-bond donors (Lipinski definition) is 15. The molecule has 28 atom stereocenters. The third-order valence-electron chi connectivity index (χ3n) is 19.1. The van der Waals surface area contributed by atoms with E-state index in [0.29, 0.717) is 56.9 Å². The van der Waals surface area contributed by atoms with Gasteiger partial charge in [-0.3, -0.25) is 9.59 Å². The van der Waals surface area contributed by atoms with E-state index in [1.54, 1.807) is 37.3 Å². The summed E-state index contributed by atoms with van der Waals surface area (Å²) in [5.74, 6) is -4.24. The Morgan fingerprint density at radius 3 is 1.90 bits per heavy atom. The fourth-order valence-corrected chi connectivity index (χ4v) is 14.9. The molecule has 4 saturated heterocycles. The lowest BCUT2D eigenvalue weighted by molar-refractivity contribution is -0.397. The molecule has 1 spiro atoms. The summed E-state index contributed by atoms with van der Waals surface area (Å²) < 4.78 is 48.9. The molecule has 26 heteroatoms. The Labute approximate surface area is 460 Å². The number of benzene rings is 1. The summed E-state index contributed by atoms with van der Waals surface area (Å²) in [4.78, 5) is 40.7. The number of carboxylic acids is 1. The maximum Gasteiger partial charge on any atom is 0.326 e. The largest absolute Gasteiger partial charge is 0.480 e. The van der Waals surface area contributed by atoms with E-state index in [9.17, 15) is 85.9 Å². The maximum absolute atomic E-state index is 14.8. The Balaban J connectivity index is 0.969. The van der Waals surface area contributed by atoms with Gasteiger partial charge in [0.1, 0.15) is 91.5 Å². The van der Waals surface area contributed by atoms with Crippen LogP contribution in [0, 0.1) is 34.0 Å². The number of hydrogen-bond acceptors (Lipinski definition) is 24. The number of fused-ring (bicyclic) bond motifs is 3. The van der Waals surface area contributed by atoms with Crippen LogP contribution < -0.4 is 5.32 Å². The van der Waals surface area contributed by atoms with Crippen LogP contribution in [0.3, 0.4) is 0 Å². The van der Waals surface area contributed by atoms with Gasteiger partial charge in [-0.1, -0.05) is 55.8 Å². The second-order valence-electron chi connectivity index (χ2n) is 23.9. The van der Waals surface area contributed by atoms with Crippen LogP contribution >= 0.6 is 0 Å². The molecule has 9 rings (SSSR count). The van der Waals surface area contributed by atoms with Crippen molar-refractivity contribution in [2.75, 3.05) is 19.8 Å². The first-order valence-corrected chi connectivity index (χ1v) is 27.6. The molecule has 5 unspecified atom stereocenters. The molecule has 80 heavy (non-hydrogen) atoms. The molecule has 8 fully saturated rings. The fraction of sp³-hybridized carbons (Fsp3) is 0.796. The number of aliphatic hydroxyl groups is 13. The number of carboxylic acid groups (broad SMARTS) is 1. The highest BCUT2D eigenvalue weighted by molar-refractivity contribution is 5.87. The average Bonchev–Trinajstić information content (AvgIpc) is 3.75. The maximum atomic E-state index is 14.8. The van der Waals surface area contributed by atoms with Gasteiger partial charge in [0, 0.05) is 18.9 Å². The van der Waals surface area contributed by atoms with Crippen LogP contribution in [0.1, 0.15) is 77.2 Å². The normalized spacial score (nSPS) is 47.8. The SMILES string of the molecule is C=C1CC23CC[C@H]4[C@@](C)(CCC[C@@]4(C)C(=O)OC4O[C@H](C(=O)N[C@H](Cc5ccccc5)C(=O)O)[C@@H](O)[C@H](O)[C@H]4O)[C@@H]2CC(O[C@@H]2O[C@H](CO)[C@@H](O)C(O[C@@H]4O[C@H](CCO)[C@@H](O)[C@H](O)[C@H]4O)[C@H]2O[C@@H]2O[C@H](CO)[C@@H](O)[C@H](O)[C@H]2O)C1C3. The molecule has 450 valence electrons. The van der Waals surface area contributed by atoms with E-state index < -0.39 is 189 Å². The van der Waals surface area contributed by atoms with Gasteiger partial charge in [0.25, 0.3) is 5.91 Å². The molecule has 1 aromatic rings. The third kappa shape index (κ3) is 11.2. The first-order chi connectivity index (χ1) is 37.9. The summed E-state index contributed by atoms with van der Waals surface area (Å²) in [6, 6.07) is 6.96. The van der Waals surface area contributed by atoms with Gasteiger partial charge in [0.15, 0.2) is 25.0 Å². The van der Waals surface area contributed by atoms with E-state index in [1.807, 2.05) is 0 Å². The second kappa shape index (κ2) is 24.3. The van der Waals surface area contributed by atoms with Gasteiger partial charge in [-0.25, -0.2) is 4.79 Å². The van der Waals surface area contributed by atoms with Gasteiger partial charge < -0.3 is 115 Å². The van der Waals surface area contributed by atoms with Crippen LogP contribution in [-0.2, 0) is 58.7 Å². The lowest BCUT2D eigenvalue weighted by atomic mass is 9.41. The van der Waals surface area contributed by atoms with Crippen molar-refractivity contribution in [2.24, 2.45) is 34.0 Å². The highest BCUT2D eigenvalue weighted by Crippen LogP contribution is 2.72. The van der Waals surface area contributed by atoms with E-state index >= 15 is 0 Å². The van der Waals surface area contributed by atoms with Crippen LogP contribution in [0.2, 0.25) is 0 Å². The summed E-state index contributed by atoms with van der Waals surface area (Å²) >= 11 is 0. The summed E-state index contributed by atoms with van der Waals surface area (Å²) in [6.07, 6.45) is -33.2. The van der Waals surface area contributed by atoms with Crippen molar-refractivity contribution in [1.82, 2.24) is 5.32 Å². The Kier molecular flexibility index (Phi) is 18.6. The minimum absolute atomic E-state index is 0.135. The fourth-order valence-electron chi connectivity index (χ4n) is 14.9. The van der Waals surface area contributed by atoms with E-state index in [-0.39, 0.29) is 30.1 Å². The highest BCUT2D eigenvalue weighted by Gasteiger charge is 2.68. The molecule has 4 aliphatic heterocycles. The number of aliphatic carboxylic acids is 1. The predicted octanol–water partition coefficient (Wildman–Crippen LogP) is -4.05. The summed E-state index contributed by atoms with van der Waals surface area (Å²) in [5, 5.41) is 153. The van der Waals surface area contributed by atoms with Gasteiger partial charge >= 0.3 is 11.9 Å². The Morgan fingerprint density at radius 1 is 0.675 bits per heavy atom. The number of esters is 1. The van der Waals surface area contributed by atoms with Gasteiger partial charge in [0.05, 0.1) is 30.8 Å². The second-order valence-corrected chi connectivity index (χ2v) is 23.9. The number of nitrogens with one attached hydrogen (secondary N) is 1. The Morgan fingerprint density at radius 2 is 1.26 bits per heavy atom. The van der Waals surface area contributed by atoms with E-state index in [0.717, 1.165) is 5.57 Å². The van der Waals surface area contributed by atoms with Crippen molar-refractivity contribution in [3.8, 4) is 0 Å². The zero-order valence-electron chi connectivity index (χ0n) is 44.5. The number of amides is 1. The van der Waals surface area contributed by atoms with Crippen molar-refractivity contribution in [3.63, 3.8) is 0 Å². The topological polar surface area (TPSA) is 420 Å². The first-order valence-electron chi connectivity index (χ1n) is 27.6. The molecule has 1 aromatic carbocycles. The summed E-state index contributed by atoms with van der Waals surface area (Å²) in [7, 11) is 0. The van der Waals surface area contributed by atoms with Crippen molar-refractivity contribution in [1.29, 1.82) is 0 Å². The number of carbonyl (C=O) groups is 3. The van der Waals surface area contributed by atoms with E-state index in [1.165, 1.54) is 0 Å². The molecule has 8 aliphatic rings. The molecule has 1 amide bonds. The molecule has 0 aromatic heterocycles. The molecular weight excluding hydrogens is 1060 g/mol. The quantitative estimate of drug-likeness (QED) is 0.0401. The zero-order valence-corrected chi connectivity index (χ0v) is 44.5. The molecule has 26 nitrogen and oxygen atoms in total. The molecule has 2 bridgehead atoms. The number of aliphatic hydroxyl groups excluding tert-OH is 13. The van der Waals surface area contributed by atoms with Gasteiger partial charge in [-0.15, -0.1) is 0 Å². The van der Waals surface area contributed by atoms with Crippen LogP contribution in [0.25, 0.3) is 0 Å². The summed E-state index contributed by atoms with van der Waals surface area (Å²) in [6.45, 7) is 6.16. The smallest absolute Gasteiger partial charge is 0.326 e. The lowest BCUT2D eigenvalue weighted by Crippen LogP contribution is -2.67. The standard InChI is InChI=1S/C54H79NO25/c1-22-18-54-14-10-30-52(2,12-7-13-53(30,3)51(72)80-49-41(68)37(64)38(65)43(78-49)45(69)55-25(46(70)71)16-23-8-5-4-6-9-23)31(54)17-27(24(22)19-54)74-50-44(79-48-40(67)36(63)33(60)28(20-57)75-48)42(34(61)29(21-58)76-50)77-47-39(66)35(62)32(59)26(73-47)11-15-56/h4-6,8-9,24-44,47-50,56-68H,1,7,10-21H2,2-3H3,(H,55,69)(H,70,71)/t24?,25-,26-,27?,28-,29-,30+,31+,32-,33-,34-,35+,36+,37+,38+,39-,40-,41-,42?,43+,44-,47+,48+,49?,50-,52-,53-,54?/m1/s1. The van der Waals surface area contributed by atoms with Crippen molar-refractivity contribution >= 4 is 17.8 Å². The van der Waals surface area contributed by atoms with Crippen LogP contribution in [-0.4, -0.2) is 244 Å². The lowest BCUT2D eigenvalue weighted by Gasteiger charge is -2.64. The number of ether oxygens (including phenoxy) is 8. The van der Waals surface area contributed by atoms with E-state index in [2.05, 4.69) is 18.8 Å². The number of rotatable bonds is 17. The third-order valence-corrected chi connectivity index (χ3v) is 19.1. The minimum atomic E-state index is -2.05. The van der Waals surface area contributed by atoms with Crippen molar-refractivity contribution < 1.29 is 124 Å². The van der Waals surface area contributed by atoms with Gasteiger partial charge in [-0.2, -0.15) is 0 Å². The van der Waals surface area contributed by atoms with Crippen LogP contribution in [0.5, 0.6) is 0 Å². The van der Waals surface area contributed by atoms with Crippen LogP contribution in [0.4, 0.5) is 0 Å². The van der Waals surface area contributed by atoms with Crippen molar-refractivity contribution in [3.05, 3.63) is 48.0 Å². The molecule has 0 radical (unpaired) electrons. The van der Waals surface area contributed by atoms with Gasteiger partial charge in [-0.05, 0) is 86.5 Å². The highest BCUT2D eigenvalue weighted by atomic mass is 16.8. The molecule has 15 N–H and O–H groups in total. The molecular formula is C54H79NO25. The monoisotopic (exact) mass is 1140 g/mol. The van der Waals surface area contributed by atoms with Crippen LogP contribution in [0.15, 0.2) is 42.5 Å². The van der Waals surface area contributed by atoms with Gasteiger partial charge in [0.2, 0.25) is 6.29 Å². The Hall–Kier alpha value is -3.43. The number of carbonyl (C=O) groups excluding carboxylic acids is 2. The average molecular weight is 1140 g/mol. The van der Waals surface area contributed by atoms with E-state index in [4.69, 9.17) is 37.9 Å². The first kappa shape index (κ1) is 61.1. The zero-order chi connectivity index (χ0) is 57.9. The molecule has 4 heterocycles. The summed E-state index contributed by atoms with van der Waals surface area (Å²) in [5.41, 5.74) is -0.798. The Bertz CT molecular complexity index is 2340. The predicted molar refractivity (Wildman–Crippen MR) is 266 cm³/mol. The molecule has 4 saturated carbocycles. The molecule has 4 aliphatic carbocycles. The minimum Gasteiger partial charge on any atom is -0.480 e. The van der Waals surface area contributed by atoms with Crippen molar-refractivity contribution in [2.45, 2.75) is 213 Å².